The summed E-state index contributed by atoms with van der Waals surface area (Å²) in [6.45, 7) is 5.21. The normalized spacial score (nSPS) is 13.8. The Hall–Kier alpha value is -0.120. The molecule has 0 aromatic carbocycles. The summed E-state index contributed by atoms with van der Waals surface area (Å²) in [5, 5.41) is 3.43. The highest BCUT2D eigenvalue weighted by atomic mass is 15.1. The third-order valence-corrected chi connectivity index (χ3v) is 1.87. The zero-order valence-electron chi connectivity index (χ0n) is 8.64. The second-order valence-electron chi connectivity index (χ2n) is 3.59. The monoisotopic (exact) mass is 173 g/mol. The molecule has 12 heavy (non-hydrogen) atoms. The Morgan fingerprint density at radius 3 is 2.58 bits per heavy atom. The number of hydrogen-bond donors (Lipinski definition) is 2. The van der Waals surface area contributed by atoms with Gasteiger partial charge in [0.15, 0.2) is 0 Å². The molecule has 0 aliphatic carbocycles. The standard InChI is InChI=1S/C9H23N3/c1-9(5-6-10)11-7-4-8-12(2)3/h9,11H,4-8,10H2,1-3H3. The van der Waals surface area contributed by atoms with E-state index >= 15 is 0 Å². The lowest BCUT2D eigenvalue weighted by Crippen LogP contribution is -2.30. The molecule has 1 unspecified atom stereocenters. The summed E-state index contributed by atoms with van der Waals surface area (Å²) in [5.74, 6) is 0. The van der Waals surface area contributed by atoms with E-state index in [2.05, 4.69) is 31.2 Å². The van der Waals surface area contributed by atoms with Crippen molar-refractivity contribution in [2.45, 2.75) is 25.8 Å². The van der Waals surface area contributed by atoms with Crippen molar-refractivity contribution in [2.75, 3.05) is 33.7 Å². The van der Waals surface area contributed by atoms with Crippen molar-refractivity contribution < 1.29 is 0 Å². The van der Waals surface area contributed by atoms with Crippen molar-refractivity contribution in [3.8, 4) is 0 Å². The summed E-state index contributed by atoms with van der Waals surface area (Å²) < 4.78 is 0. The molecule has 0 bridgehead atoms. The van der Waals surface area contributed by atoms with Crippen molar-refractivity contribution >= 4 is 0 Å². The van der Waals surface area contributed by atoms with Crippen LogP contribution in [0, 0.1) is 0 Å². The minimum atomic E-state index is 0.567. The van der Waals surface area contributed by atoms with E-state index in [1.807, 2.05) is 0 Å². The van der Waals surface area contributed by atoms with Crippen LogP contribution in [0.15, 0.2) is 0 Å². The fraction of sp³-hybridized carbons (Fsp3) is 1.00. The van der Waals surface area contributed by atoms with Crippen LogP contribution in [0.2, 0.25) is 0 Å². The summed E-state index contributed by atoms with van der Waals surface area (Å²) in [7, 11) is 4.20. The predicted octanol–water partition coefficient (Wildman–Crippen LogP) is 0.265. The van der Waals surface area contributed by atoms with Gasteiger partial charge in [-0.25, -0.2) is 0 Å². The number of rotatable bonds is 7. The SMILES string of the molecule is CC(CCN)NCCCN(C)C. The molecule has 0 amide bonds. The van der Waals surface area contributed by atoms with E-state index in [9.17, 15) is 0 Å². The number of nitrogens with two attached hydrogens (primary N) is 1. The highest BCUT2D eigenvalue weighted by Crippen LogP contribution is 1.88. The van der Waals surface area contributed by atoms with Crippen molar-refractivity contribution in [3.05, 3.63) is 0 Å². The number of nitrogens with zero attached hydrogens (tertiary/aromatic N) is 1. The fourth-order valence-corrected chi connectivity index (χ4v) is 1.10. The van der Waals surface area contributed by atoms with Crippen LogP contribution in [0.4, 0.5) is 0 Å². The van der Waals surface area contributed by atoms with Crippen LogP contribution in [-0.4, -0.2) is 44.7 Å². The number of nitrogens with one attached hydrogen (secondary N) is 1. The average Bonchev–Trinajstić information content (AvgIpc) is 1.98. The van der Waals surface area contributed by atoms with Crippen LogP contribution in [-0.2, 0) is 0 Å². The molecule has 0 aliphatic rings. The Balaban J connectivity index is 3.08. The summed E-state index contributed by atoms with van der Waals surface area (Å²) in [5.41, 5.74) is 5.43. The zero-order valence-corrected chi connectivity index (χ0v) is 8.64. The first-order valence-electron chi connectivity index (χ1n) is 4.75. The molecule has 3 nitrogen and oxygen atoms in total. The smallest absolute Gasteiger partial charge is 0.00507 e. The Kier molecular flexibility index (Phi) is 7.45. The van der Waals surface area contributed by atoms with Gasteiger partial charge in [0.1, 0.15) is 0 Å². The maximum Gasteiger partial charge on any atom is 0.00507 e. The second-order valence-corrected chi connectivity index (χ2v) is 3.59. The van der Waals surface area contributed by atoms with Crippen LogP contribution in [0.1, 0.15) is 19.8 Å². The van der Waals surface area contributed by atoms with E-state index in [4.69, 9.17) is 5.73 Å². The molecular formula is C9H23N3. The van der Waals surface area contributed by atoms with E-state index in [0.29, 0.717) is 6.04 Å². The maximum atomic E-state index is 5.43. The lowest BCUT2D eigenvalue weighted by atomic mass is 10.2. The minimum Gasteiger partial charge on any atom is -0.330 e. The Morgan fingerprint density at radius 2 is 2.08 bits per heavy atom. The van der Waals surface area contributed by atoms with Crippen LogP contribution in [0.3, 0.4) is 0 Å². The van der Waals surface area contributed by atoms with E-state index in [-0.39, 0.29) is 0 Å². The lowest BCUT2D eigenvalue weighted by molar-refractivity contribution is 0.386. The van der Waals surface area contributed by atoms with Crippen LogP contribution in [0.5, 0.6) is 0 Å². The van der Waals surface area contributed by atoms with Gasteiger partial charge in [-0.15, -0.1) is 0 Å². The molecule has 0 aromatic rings. The Bertz CT molecular complexity index is 93.8. The molecular weight excluding hydrogens is 150 g/mol. The van der Waals surface area contributed by atoms with Gasteiger partial charge in [0.25, 0.3) is 0 Å². The molecule has 0 spiro atoms. The summed E-state index contributed by atoms with van der Waals surface area (Å²) in [6, 6.07) is 0.567. The van der Waals surface area contributed by atoms with Crippen LogP contribution >= 0.6 is 0 Å². The van der Waals surface area contributed by atoms with Gasteiger partial charge in [0, 0.05) is 6.04 Å². The lowest BCUT2D eigenvalue weighted by Gasteiger charge is -2.14. The summed E-state index contributed by atoms with van der Waals surface area (Å²) in [6.07, 6.45) is 2.28. The van der Waals surface area contributed by atoms with E-state index < -0.39 is 0 Å². The second kappa shape index (κ2) is 7.53. The molecule has 3 N–H and O–H groups in total. The van der Waals surface area contributed by atoms with Crippen molar-refractivity contribution in [1.82, 2.24) is 10.2 Å². The minimum absolute atomic E-state index is 0.567. The third kappa shape index (κ3) is 7.98. The summed E-state index contributed by atoms with van der Waals surface area (Å²) >= 11 is 0. The molecule has 0 aromatic heterocycles. The first-order valence-corrected chi connectivity index (χ1v) is 4.75. The largest absolute Gasteiger partial charge is 0.330 e. The van der Waals surface area contributed by atoms with Crippen LogP contribution < -0.4 is 11.1 Å². The molecule has 0 radical (unpaired) electrons. The van der Waals surface area contributed by atoms with Crippen molar-refractivity contribution in [3.63, 3.8) is 0 Å². The van der Waals surface area contributed by atoms with Gasteiger partial charge in [-0.3, -0.25) is 0 Å². The Labute approximate surface area is 76.3 Å². The van der Waals surface area contributed by atoms with Crippen molar-refractivity contribution in [2.24, 2.45) is 5.73 Å². The Morgan fingerprint density at radius 1 is 1.42 bits per heavy atom. The predicted molar refractivity (Wildman–Crippen MR) is 54.3 cm³/mol. The van der Waals surface area contributed by atoms with Gasteiger partial charge in [0.05, 0.1) is 0 Å². The van der Waals surface area contributed by atoms with Gasteiger partial charge in [-0.05, 0) is 53.5 Å². The maximum absolute atomic E-state index is 5.43. The van der Waals surface area contributed by atoms with E-state index in [1.165, 1.54) is 6.42 Å². The molecule has 74 valence electrons. The molecule has 0 rings (SSSR count). The molecule has 0 heterocycles. The topological polar surface area (TPSA) is 41.3 Å². The molecule has 0 saturated heterocycles. The quantitative estimate of drug-likeness (QED) is 0.543. The molecule has 0 saturated carbocycles. The fourth-order valence-electron chi connectivity index (χ4n) is 1.10. The first-order chi connectivity index (χ1) is 5.66. The zero-order chi connectivity index (χ0) is 9.40. The first kappa shape index (κ1) is 11.9. The van der Waals surface area contributed by atoms with Gasteiger partial charge >= 0.3 is 0 Å². The number of hydrogen-bond acceptors (Lipinski definition) is 3. The van der Waals surface area contributed by atoms with Gasteiger partial charge in [0.2, 0.25) is 0 Å². The van der Waals surface area contributed by atoms with Gasteiger partial charge in [-0.2, -0.15) is 0 Å². The van der Waals surface area contributed by atoms with Crippen molar-refractivity contribution in [1.29, 1.82) is 0 Å². The summed E-state index contributed by atoms with van der Waals surface area (Å²) in [4.78, 5) is 2.20. The third-order valence-electron chi connectivity index (χ3n) is 1.87. The van der Waals surface area contributed by atoms with E-state index in [1.54, 1.807) is 0 Å². The van der Waals surface area contributed by atoms with Crippen LogP contribution in [0.25, 0.3) is 0 Å². The highest BCUT2D eigenvalue weighted by molar-refractivity contribution is 4.60. The average molecular weight is 173 g/mol. The van der Waals surface area contributed by atoms with E-state index in [0.717, 1.165) is 26.1 Å². The molecule has 0 fully saturated rings. The molecule has 0 aliphatic heterocycles. The highest BCUT2D eigenvalue weighted by Gasteiger charge is 1.98. The molecule has 1 atom stereocenters. The van der Waals surface area contributed by atoms with Gasteiger partial charge < -0.3 is 16.0 Å². The van der Waals surface area contributed by atoms with Gasteiger partial charge in [-0.1, -0.05) is 0 Å². The molecule has 3 heteroatoms.